The van der Waals surface area contributed by atoms with E-state index in [1.165, 1.54) is 0 Å². The van der Waals surface area contributed by atoms with Crippen LogP contribution in [-0.2, 0) is 11.3 Å². The number of nitrogens with one attached hydrogen (secondary N) is 1. The molecule has 1 N–H and O–H groups in total. The van der Waals surface area contributed by atoms with Crippen LogP contribution in [0.2, 0.25) is 0 Å². The molecule has 2 heterocycles. The Labute approximate surface area is 102 Å². The molecule has 1 aliphatic heterocycles. The van der Waals surface area contributed by atoms with Crippen molar-refractivity contribution in [2.45, 2.75) is 26.3 Å². The zero-order chi connectivity index (χ0) is 12.3. The molecule has 2 rings (SSSR count). The predicted molar refractivity (Wildman–Crippen MR) is 67.6 cm³/mol. The maximum atomic E-state index is 11.8. The lowest BCUT2D eigenvalue weighted by Crippen LogP contribution is -2.25. The zero-order valence-electron chi connectivity index (χ0n) is 10.4. The minimum atomic E-state index is 0.258. The van der Waals surface area contributed by atoms with Gasteiger partial charge in [-0.05, 0) is 18.1 Å². The molecule has 1 unspecified atom stereocenters. The third-order valence-electron chi connectivity index (χ3n) is 3.29. The van der Waals surface area contributed by atoms with Gasteiger partial charge in [0.2, 0.25) is 5.91 Å². The van der Waals surface area contributed by atoms with Gasteiger partial charge in [0.05, 0.1) is 12.2 Å². The summed E-state index contributed by atoms with van der Waals surface area (Å²) in [5, 5.41) is 3.01. The van der Waals surface area contributed by atoms with Crippen LogP contribution in [0.15, 0.2) is 18.2 Å². The van der Waals surface area contributed by atoms with E-state index in [9.17, 15) is 4.79 Å². The van der Waals surface area contributed by atoms with Crippen molar-refractivity contribution in [3.8, 4) is 0 Å². The van der Waals surface area contributed by atoms with E-state index in [-0.39, 0.29) is 5.91 Å². The summed E-state index contributed by atoms with van der Waals surface area (Å²) in [5.74, 6) is 1.63. The number of carbonyl (C=O) groups excluding carboxylic acids is 1. The van der Waals surface area contributed by atoms with Crippen molar-refractivity contribution in [1.29, 1.82) is 0 Å². The number of amides is 1. The Morgan fingerprint density at radius 2 is 2.35 bits per heavy atom. The maximum Gasteiger partial charge on any atom is 0.223 e. The van der Waals surface area contributed by atoms with Crippen LogP contribution in [0.25, 0.3) is 0 Å². The molecule has 0 aromatic carbocycles. The number of pyridine rings is 1. The highest BCUT2D eigenvalue weighted by atomic mass is 16.2. The normalized spacial score (nSPS) is 19.8. The van der Waals surface area contributed by atoms with Crippen LogP contribution in [0.5, 0.6) is 0 Å². The van der Waals surface area contributed by atoms with E-state index in [2.05, 4.69) is 17.2 Å². The third-order valence-corrected chi connectivity index (χ3v) is 3.29. The molecule has 1 aromatic heterocycles. The number of likely N-dealkylation sites (tertiary alicyclic amines) is 1. The molecule has 0 bridgehead atoms. The van der Waals surface area contributed by atoms with E-state index in [4.69, 9.17) is 0 Å². The molecule has 1 saturated heterocycles. The molecule has 4 nitrogen and oxygen atoms in total. The average Bonchev–Trinajstić information content (AvgIpc) is 2.70. The molecule has 0 aliphatic carbocycles. The monoisotopic (exact) mass is 233 g/mol. The van der Waals surface area contributed by atoms with Crippen LogP contribution in [0, 0.1) is 5.92 Å². The molecule has 1 atom stereocenters. The SMILES string of the molecule is CCC1CC(=O)N(Cc2cccc(NC)n2)C1. The van der Waals surface area contributed by atoms with E-state index in [0.29, 0.717) is 18.9 Å². The van der Waals surface area contributed by atoms with Crippen molar-refractivity contribution < 1.29 is 4.79 Å². The van der Waals surface area contributed by atoms with Crippen LogP contribution < -0.4 is 5.32 Å². The van der Waals surface area contributed by atoms with E-state index in [1.807, 2.05) is 30.1 Å². The molecule has 1 aromatic rings. The Balaban J connectivity index is 2.03. The first-order chi connectivity index (χ1) is 8.22. The van der Waals surface area contributed by atoms with Crippen molar-refractivity contribution in [1.82, 2.24) is 9.88 Å². The summed E-state index contributed by atoms with van der Waals surface area (Å²) in [6, 6.07) is 5.85. The molecule has 1 aliphatic rings. The second kappa shape index (κ2) is 5.17. The molecule has 0 saturated carbocycles. The summed E-state index contributed by atoms with van der Waals surface area (Å²) in [4.78, 5) is 18.1. The molecule has 92 valence electrons. The van der Waals surface area contributed by atoms with Crippen molar-refractivity contribution in [2.24, 2.45) is 5.92 Å². The number of carbonyl (C=O) groups is 1. The van der Waals surface area contributed by atoms with Gasteiger partial charge in [-0.2, -0.15) is 0 Å². The fourth-order valence-corrected chi connectivity index (χ4v) is 2.18. The second-order valence-corrected chi connectivity index (χ2v) is 4.52. The molecule has 17 heavy (non-hydrogen) atoms. The Bertz CT molecular complexity index is 405. The number of hydrogen-bond donors (Lipinski definition) is 1. The standard InChI is InChI=1S/C13H19N3O/c1-3-10-7-13(17)16(8-10)9-11-5-4-6-12(14-2)15-11/h4-6,10H,3,7-9H2,1-2H3,(H,14,15). The lowest BCUT2D eigenvalue weighted by molar-refractivity contribution is -0.128. The lowest BCUT2D eigenvalue weighted by Gasteiger charge is -2.16. The fraction of sp³-hybridized carbons (Fsp3) is 0.538. The topological polar surface area (TPSA) is 45.2 Å². The first-order valence-electron chi connectivity index (χ1n) is 6.14. The van der Waals surface area contributed by atoms with Gasteiger partial charge >= 0.3 is 0 Å². The van der Waals surface area contributed by atoms with Crippen LogP contribution in [-0.4, -0.2) is 29.4 Å². The maximum absolute atomic E-state index is 11.8. The number of rotatable bonds is 4. The van der Waals surface area contributed by atoms with Gasteiger partial charge in [-0.1, -0.05) is 19.4 Å². The van der Waals surface area contributed by atoms with Gasteiger partial charge in [0.15, 0.2) is 0 Å². The molecular weight excluding hydrogens is 214 g/mol. The van der Waals surface area contributed by atoms with Gasteiger partial charge < -0.3 is 10.2 Å². The smallest absolute Gasteiger partial charge is 0.223 e. The van der Waals surface area contributed by atoms with Crippen LogP contribution in [0.4, 0.5) is 5.82 Å². The van der Waals surface area contributed by atoms with Crippen molar-refractivity contribution in [2.75, 3.05) is 18.9 Å². The predicted octanol–water partition coefficient (Wildman–Crippen LogP) is 1.88. The summed E-state index contributed by atoms with van der Waals surface area (Å²) < 4.78 is 0. The molecule has 4 heteroatoms. The highest BCUT2D eigenvalue weighted by Crippen LogP contribution is 2.22. The van der Waals surface area contributed by atoms with E-state index < -0.39 is 0 Å². The minimum Gasteiger partial charge on any atom is -0.373 e. The van der Waals surface area contributed by atoms with E-state index >= 15 is 0 Å². The zero-order valence-corrected chi connectivity index (χ0v) is 10.4. The highest BCUT2D eigenvalue weighted by molar-refractivity contribution is 5.78. The van der Waals surface area contributed by atoms with Crippen molar-refractivity contribution in [3.05, 3.63) is 23.9 Å². The largest absolute Gasteiger partial charge is 0.373 e. The van der Waals surface area contributed by atoms with E-state index in [0.717, 1.165) is 24.5 Å². The Morgan fingerprint density at radius 3 is 3.00 bits per heavy atom. The van der Waals surface area contributed by atoms with Gasteiger partial charge in [0.25, 0.3) is 0 Å². The number of aromatic nitrogens is 1. The summed E-state index contributed by atoms with van der Waals surface area (Å²) in [5.41, 5.74) is 0.946. The lowest BCUT2D eigenvalue weighted by atomic mass is 10.1. The van der Waals surface area contributed by atoms with Gasteiger partial charge in [-0.25, -0.2) is 4.98 Å². The fourth-order valence-electron chi connectivity index (χ4n) is 2.18. The number of nitrogens with zero attached hydrogens (tertiary/aromatic N) is 2. The van der Waals surface area contributed by atoms with Crippen LogP contribution in [0.3, 0.4) is 0 Å². The third kappa shape index (κ3) is 2.75. The molecule has 1 fully saturated rings. The van der Waals surface area contributed by atoms with Gasteiger partial charge in [-0.3, -0.25) is 4.79 Å². The molecule has 0 spiro atoms. The van der Waals surface area contributed by atoms with Crippen LogP contribution in [0.1, 0.15) is 25.5 Å². The minimum absolute atomic E-state index is 0.258. The van der Waals surface area contributed by atoms with Gasteiger partial charge in [0.1, 0.15) is 5.82 Å². The first kappa shape index (κ1) is 11.9. The summed E-state index contributed by atoms with van der Waals surface area (Å²) in [7, 11) is 1.85. The number of hydrogen-bond acceptors (Lipinski definition) is 3. The Kier molecular flexibility index (Phi) is 3.61. The number of anilines is 1. The quantitative estimate of drug-likeness (QED) is 0.863. The average molecular weight is 233 g/mol. The van der Waals surface area contributed by atoms with E-state index in [1.54, 1.807) is 0 Å². The van der Waals surface area contributed by atoms with Crippen molar-refractivity contribution in [3.63, 3.8) is 0 Å². The molecule has 1 amide bonds. The van der Waals surface area contributed by atoms with Gasteiger partial charge in [0, 0.05) is 20.0 Å². The molecular formula is C13H19N3O. The van der Waals surface area contributed by atoms with Crippen LogP contribution >= 0.6 is 0 Å². The summed E-state index contributed by atoms with van der Waals surface area (Å²) in [6.45, 7) is 3.65. The van der Waals surface area contributed by atoms with Gasteiger partial charge in [-0.15, -0.1) is 0 Å². The summed E-state index contributed by atoms with van der Waals surface area (Å²) >= 11 is 0. The summed E-state index contributed by atoms with van der Waals surface area (Å²) in [6.07, 6.45) is 1.77. The second-order valence-electron chi connectivity index (χ2n) is 4.52. The highest BCUT2D eigenvalue weighted by Gasteiger charge is 2.28. The Morgan fingerprint density at radius 1 is 1.53 bits per heavy atom. The van der Waals surface area contributed by atoms with Crippen molar-refractivity contribution >= 4 is 11.7 Å². The molecule has 0 radical (unpaired) electrons. The first-order valence-corrected chi connectivity index (χ1v) is 6.14. The Hall–Kier alpha value is -1.58.